The minimum absolute atomic E-state index is 0.356. The summed E-state index contributed by atoms with van der Waals surface area (Å²) in [6, 6.07) is 3.42. The van der Waals surface area contributed by atoms with E-state index < -0.39 is 11.6 Å². The standard InChI is InChI=1S/C21H28F2O/c1-14-3-8-18(21(23)20(14)22)12-7-16-5-10-17(11-6-16)19-9-4-15(2)24-13-19/h3,8-9,15-17H,4-7,10-13H2,1-2H3. The van der Waals surface area contributed by atoms with E-state index in [1.807, 2.05) is 0 Å². The number of hydrogen-bond donors (Lipinski definition) is 0. The van der Waals surface area contributed by atoms with Crippen molar-refractivity contribution in [1.82, 2.24) is 0 Å². The molecule has 0 amide bonds. The summed E-state index contributed by atoms with van der Waals surface area (Å²) in [7, 11) is 0. The van der Waals surface area contributed by atoms with Crippen LogP contribution in [0.5, 0.6) is 0 Å². The van der Waals surface area contributed by atoms with Crippen LogP contribution in [0.2, 0.25) is 0 Å². The number of rotatable bonds is 4. The van der Waals surface area contributed by atoms with Crippen LogP contribution in [0.1, 0.15) is 56.6 Å². The summed E-state index contributed by atoms with van der Waals surface area (Å²) in [6.07, 6.45) is 10.2. The van der Waals surface area contributed by atoms with Gasteiger partial charge in [-0.2, -0.15) is 0 Å². The normalized spacial score (nSPS) is 27.8. The molecule has 24 heavy (non-hydrogen) atoms. The van der Waals surface area contributed by atoms with Crippen LogP contribution in [0.4, 0.5) is 8.78 Å². The molecular formula is C21H28F2O. The lowest BCUT2D eigenvalue weighted by atomic mass is 9.76. The highest BCUT2D eigenvalue weighted by Crippen LogP contribution is 2.37. The van der Waals surface area contributed by atoms with E-state index in [1.54, 1.807) is 19.1 Å². The molecule has 1 aromatic rings. The van der Waals surface area contributed by atoms with Gasteiger partial charge in [0.25, 0.3) is 0 Å². The number of benzene rings is 1. The molecule has 0 saturated heterocycles. The van der Waals surface area contributed by atoms with Gasteiger partial charge in [0.2, 0.25) is 0 Å². The Hall–Kier alpha value is -1.22. The van der Waals surface area contributed by atoms with Crippen LogP contribution in [0.3, 0.4) is 0 Å². The third-order valence-corrected chi connectivity index (χ3v) is 5.79. The lowest BCUT2D eigenvalue weighted by Crippen LogP contribution is -2.23. The predicted octanol–water partition coefficient (Wildman–Crippen LogP) is 5.75. The fourth-order valence-corrected chi connectivity index (χ4v) is 4.03. The summed E-state index contributed by atoms with van der Waals surface area (Å²) in [5.74, 6) is -0.0339. The Kier molecular flexibility index (Phi) is 5.70. The fraction of sp³-hybridized carbons (Fsp3) is 0.619. The van der Waals surface area contributed by atoms with Gasteiger partial charge in [-0.05, 0) is 87.3 Å². The van der Waals surface area contributed by atoms with Crippen molar-refractivity contribution in [3.8, 4) is 0 Å². The number of ether oxygens (including phenoxy) is 1. The minimum atomic E-state index is -0.685. The minimum Gasteiger partial charge on any atom is -0.374 e. The van der Waals surface area contributed by atoms with Crippen molar-refractivity contribution in [3.05, 3.63) is 46.5 Å². The van der Waals surface area contributed by atoms with Gasteiger partial charge < -0.3 is 4.74 Å². The molecule has 3 rings (SSSR count). The average Bonchev–Trinajstić information content (AvgIpc) is 2.60. The highest BCUT2D eigenvalue weighted by Gasteiger charge is 2.25. The largest absolute Gasteiger partial charge is 0.374 e. The third kappa shape index (κ3) is 4.05. The predicted molar refractivity (Wildman–Crippen MR) is 93.0 cm³/mol. The molecule has 0 spiro atoms. The highest BCUT2D eigenvalue weighted by molar-refractivity contribution is 5.25. The molecule has 1 aliphatic heterocycles. The smallest absolute Gasteiger partial charge is 0.162 e. The van der Waals surface area contributed by atoms with Crippen LogP contribution in [-0.4, -0.2) is 12.7 Å². The second kappa shape index (κ2) is 7.77. The summed E-state index contributed by atoms with van der Waals surface area (Å²) in [5, 5.41) is 0. The van der Waals surface area contributed by atoms with E-state index in [0.29, 0.717) is 35.5 Å². The molecule has 1 fully saturated rings. The maximum Gasteiger partial charge on any atom is 0.162 e. The molecule has 0 radical (unpaired) electrons. The van der Waals surface area contributed by atoms with E-state index in [-0.39, 0.29) is 0 Å². The quantitative estimate of drug-likeness (QED) is 0.637. The van der Waals surface area contributed by atoms with Crippen LogP contribution in [0.25, 0.3) is 0 Å². The lowest BCUT2D eigenvalue weighted by Gasteiger charge is -2.32. The first kappa shape index (κ1) is 17.6. The van der Waals surface area contributed by atoms with E-state index in [2.05, 4.69) is 13.0 Å². The van der Waals surface area contributed by atoms with Crippen LogP contribution in [0, 0.1) is 30.4 Å². The summed E-state index contributed by atoms with van der Waals surface area (Å²) < 4.78 is 33.4. The zero-order valence-corrected chi connectivity index (χ0v) is 14.8. The first-order valence-electron chi connectivity index (χ1n) is 9.28. The lowest BCUT2D eigenvalue weighted by molar-refractivity contribution is 0.0670. The monoisotopic (exact) mass is 334 g/mol. The summed E-state index contributed by atoms with van der Waals surface area (Å²) >= 11 is 0. The first-order chi connectivity index (χ1) is 11.5. The summed E-state index contributed by atoms with van der Waals surface area (Å²) in [6.45, 7) is 4.52. The van der Waals surface area contributed by atoms with Crippen molar-refractivity contribution in [2.75, 3.05) is 6.61 Å². The maximum atomic E-state index is 14.0. The van der Waals surface area contributed by atoms with Gasteiger partial charge >= 0.3 is 0 Å². The maximum absolute atomic E-state index is 14.0. The number of halogens is 2. The van der Waals surface area contributed by atoms with Crippen LogP contribution in [-0.2, 0) is 11.2 Å². The van der Waals surface area contributed by atoms with Gasteiger partial charge in [-0.1, -0.05) is 18.2 Å². The Morgan fingerprint density at radius 3 is 2.50 bits per heavy atom. The van der Waals surface area contributed by atoms with Crippen molar-refractivity contribution in [2.24, 2.45) is 11.8 Å². The SMILES string of the molecule is Cc1ccc(CCC2CCC(C3=CCC(C)OC3)CC2)c(F)c1F. The zero-order chi connectivity index (χ0) is 17.1. The number of hydrogen-bond acceptors (Lipinski definition) is 1. The molecule has 1 heterocycles. The van der Waals surface area contributed by atoms with Crippen molar-refractivity contribution >= 4 is 0 Å². The third-order valence-electron chi connectivity index (χ3n) is 5.79. The fourth-order valence-electron chi connectivity index (χ4n) is 4.03. The number of aryl methyl sites for hydroxylation is 2. The van der Waals surface area contributed by atoms with Crippen LogP contribution < -0.4 is 0 Å². The Labute approximate surface area is 144 Å². The van der Waals surface area contributed by atoms with Crippen molar-refractivity contribution in [2.45, 2.75) is 64.9 Å². The van der Waals surface area contributed by atoms with Gasteiger partial charge in [0.05, 0.1) is 12.7 Å². The molecule has 1 nitrogen and oxygen atoms in total. The molecule has 1 atom stereocenters. The summed E-state index contributed by atoms with van der Waals surface area (Å²) in [4.78, 5) is 0. The van der Waals surface area contributed by atoms with Crippen LogP contribution >= 0.6 is 0 Å². The second-order valence-electron chi connectivity index (χ2n) is 7.56. The molecule has 0 N–H and O–H groups in total. The molecule has 3 heteroatoms. The van der Waals surface area contributed by atoms with Gasteiger partial charge in [-0.25, -0.2) is 8.78 Å². The molecule has 1 saturated carbocycles. The Balaban J connectivity index is 1.49. The molecule has 132 valence electrons. The van der Waals surface area contributed by atoms with Gasteiger partial charge in [-0.15, -0.1) is 0 Å². The Morgan fingerprint density at radius 1 is 1.08 bits per heavy atom. The van der Waals surface area contributed by atoms with E-state index in [1.165, 1.54) is 31.3 Å². The van der Waals surface area contributed by atoms with Gasteiger partial charge in [0.1, 0.15) is 0 Å². The molecule has 2 aliphatic rings. The van der Waals surface area contributed by atoms with E-state index in [4.69, 9.17) is 4.74 Å². The molecule has 1 aromatic carbocycles. The van der Waals surface area contributed by atoms with Gasteiger partial charge in [0, 0.05) is 0 Å². The highest BCUT2D eigenvalue weighted by atomic mass is 19.2. The second-order valence-corrected chi connectivity index (χ2v) is 7.56. The molecule has 1 aliphatic carbocycles. The van der Waals surface area contributed by atoms with E-state index >= 15 is 0 Å². The Morgan fingerprint density at radius 2 is 1.83 bits per heavy atom. The van der Waals surface area contributed by atoms with Crippen molar-refractivity contribution < 1.29 is 13.5 Å². The van der Waals surface area contributed by atoms with E-state index in [9.17, 15) is 8.78 Å². The van der Waals surface area contributed by atoms with Gasteiger partial charge in [-0.3, -0.25) is 0 Å². The van der Waals surface area contributed by atoms with Crippen molar-refractivity contribution in [1.29, 1.82) is 0 Å². The zero-order valence-electron chi connectivity index (χ0n) is 14.8. The molecule has 0 aromatic heterocycles. The molecular weight excluding hydrogens is 306 g/mol. The van der Waals surface area contributed by atoms with Crippen LogP contribution in [0.15, 0.2) is 23.8 Å². The topological polar surface area (TPSA) is 9.23 Å². The van der Waals surface area contributed by atoms with Gasteiger partial charge in [0.15, 0.2) is 11.6 Å². The Bertz CT molecular complexity index is 600. The molecule has 0 bridgehead atoms. The first-order valence-corrected chi connectivity index (χ1v) is 9.28. The van der Waals surface area contributed by atoms with Crippen molar-refractivity contribution in [3.63, 3.8) is 0 Å². The summed E-state index contributed by atoms with van der Waals surface area (Å²) in [5.41, 5.74) is 2.39. The molecule has 1 unspecified atom stereocenters. The average molecular weight is 334 g/mol. The van der Waals surface area contributed by atoms with E-state index in [0.717, 1.165) is 19.4 Å².